The zero-order valence-electron chi connectivity index (χ0n) is 28.0. The Bertz CT molecular complexity index is 1820. The predicted molar refractivity (Wildman–Crippen MR) is 186 cm³/mol. The van der Waals surface area contributed by atoms with Crippen molar-refractivity contribution in [1.82, 2.24) is 9.62 Å². The lowest BCUT2D eigenvalue weighted by atomic mass is 9.77. The van der Waals surface area contributed by atoms with Crippen molar-refractivity contribution in [3.05, 3.63) is 58.1 Å². The molecule has 4 N–H and O–H groups in total. The van der Waals surface area contributed by atoms with Gasteiger partial charge in [-0.2, -0.15) is 0 Å². The molecule has 0 atom stereocenters. The maximum Gasteiger partial charge on any atom is 0.235 e. The van der Waals surface area contributed by atoms with Crippen molar-refractivity contribution in [2.75, 3.05) is 35.8 Å². The number of phenolic OH excluding ortho intramolecular Hbond substituents is 1. The quantitative estimate of drug-likeness (QED) is 0.212. The Morgan fingerprint density at radius 3 is 1.73 bits per heavy atom. The molecule has 0 aliphatic heterocycles. The average molecular weight is 703 g/mol. The van der Waals surface area contributed by atoms with Gasteiger partial charge in [-0.05, 0) is 65.5 Å². The van der Waals surface area contributed by atoms with Gasteiger partial charge < -0.3 is 20.0 Å². The number of carbonyl (C=O) groups is 2. The molecule has 48 heavy (non-hydrogen) atoms. The molecule has 4 aliphatic rings. The summed E-state index contributed by atoms with van der Waals surface area (Å²) in [5.41, 5.74) is -0.490. The highest BCUT2D eigenvalue weighted by atomic mass is 32.2. The van der Waals surface area contributed by atoms with Gasteiger partial charge in [0.2, 0.25) is 25.8 Å². The third-order valence-corrected chi connectivity index (χ3v) is 13.6. The van der Waals surface area contributed by atoms with Gasteiger partial charge in [-0.1, -0.05) is 25.7 Å². The topological polar surface area (TPSA) is 173 Å². The molecule has 1 aromatic rings. The standard InChI is InChI=1S/C34H46N4O8S2/c1-5-37(6-2)21-17-25(35-47(43,44)23-13-9-10-14-23)29(27(39)19-21)31-33(41)32(34(31)42)30-26(36-48(45,46)24-15-11-12-16-24)18-22(20-28(30)40)38(7-3)8-4/h17-20,23-24,35-36,39,41H,5-16H2,1-4H3/b32-30-. The van der Waals surface area contributed by atoms with Gasteiger partial charge in [0.25, 0.3) is 0 Å². The number of carbonyl (C=O) groups excluding carboxylic acids is 2. The summed E-state index contributed by atoms with van der Waals surface area (Å²) in [6.45, 7) is 9.80. The summed E-state index contributed by atoms with van der Waals surface area (Å²) in [5.74, 6) is -2.56. The van der Waals surface area contributed by atoms with E-state index in [1.165, 1.54) is 24.3 Å². The summed E-state index contributed by atoms with van der Waals surface area (Å²) in [4.78, 5) is 31.5. The molecule has 0 radical (unpaired) electrons. The molecule has 4 aliphatic carbocycles. The van der Waals surface area contributed by atoms with Crippen LogP contribution in [0, 0.1) is 0 Å². The maximum absolute atomic E-state index is 14.0. The lowest BCUT2D eigenvalue weighted by Crippen LogP contribution is -2.37. The Balaban J connectivity index is 1.65. The third kappa shape index (κ3) is 6.60. The minimum absolute atomic E-state index is 0.0702. The largest absolute Gasteiger partial charge is 0.507 e. The molecule has 0 spiro atoms. The van der Waals surface area contributed by atoms with Crippen LogP contribution in [0.3, 0.4) is 0 Å². The van der Waals surface area contributed by atoms with Crippen molar-refractivity contribution in [2.24, 2.45) is 0 Å². The zero-order valence-corrected chi connectivity index (χ0v) is 29.6. The number of aromatic hydroxyl groups is 1. The van der Waals surface area contributed by atoms with Crippen LogP contribution in [0.5, 0.6) is 5.75 Å². The number of phenols is 1. The summed E-state index contributed by atoms with van der Waals surface area (Å²) in [5, 5.41) is 21.5. The van der Waals surface area contributed by atoms with E-state index in [0.717, 1.165) is 25.7 Å². The molecular weight excluding hydrogens is 657 g/mol. The van der Waals surface area contributed by atoms with Crippen LogP contribution in [-0.2, 0) is 29.6 Å². The van der Waals surface area contributed by atoms with E-state index in [2.05, 4.69) is 9.44 Å². The molecule has 14 heteroatoms. The van der Waals surface area contributed by atoms with Crippen LogP contribution in [-0.4, -0.2) is 80.2 Å². The molecule has 262 valence electrons. The van der Waals surface area contributed by atoms with Crippen molar-refractivity contribution in [1.29, 1.82) is 0 Å². The van der Waals surface area contributed by atoms with E-state index in [-0.39, 0.29) is 28.1 Å². The number of allylic oxidation sites excluding steroid dienone is 5. The number of aliphatic hydroxyl groups excluding tert-OH is 1. The Kier molecular flexibility index (Phi) is 10.4. The summed E-state index contributed by atoms with van der Waals surface area (Å²) >= 11 is 0. The van der Waals surface area contributed by atoms with Crippen LogP contribution in [0.15, 0.2) is 52.6 Å². The van der Waals surface area contributed by atoms with Gasteiger partial charge in [0.15, 0.2) is 5.78 Å². The third-order valence-electron chi connectivity index (χ3n) is 9.86. The number of sulfonamides is 2. The lowest BCUT2D eigenvalue weighted by Gasteiger charge is -2.31. The molecule has 12 nitrogen and oxygen atoms in total. The molecule has 0 amide bonds. The minimum Gasteiger partial charge on any atom is -0.507 e. The average Bonchev–Trinajstić information content (AvgIpc) is 3.78. The number of nitrogens with one attached hydrogen (secondary N) is 2. The maximum atomic E-state index is 14.0. The number of anilines is 2. The van der Waals surface area contributed by atoms with Gasteiger partial charge in [0.05, 0.1) is 44.2 Å². The van der Waals surface area contributed by atoms with E-state index in [1.807, 2.05) is 37.5 Å². The minimum atomic E-state index is -3.94. The van der Waals surface area contributed by atoms with Crippen molar-refractivity contribution in [2.45, 2.75) is 89.6 Å². The predicted octanol–water partition coefficient (Wildman–Crippen LogP) is 4.63. The lowest BCUT2D eigenvalue weighted by molar-refractivity contribution is -0.114. The molecule has 0 unspecified atom stereocenters. The van der Waals surface area contributed by atoms with Gasteiger partial charge >= 0.3 is 0 Å². The molecule has 2 saturated carbocycles. The molecule has 0 aromatic heterocycles. The van der Waals surface area contributed by atoms with E-state index < -0.39 is 59.2 Å². The van der Waals surface area contributed by atoms with E-state index in [4.69, 9.17) is 0 Å². The zero-order chi connectivity index (χ0) is 35.0. The van der Waals surface area contributed by atoms with E-state index in [1.54, 1.807) is 0 Å². The second-order valence-corrected chi connectivity index (χ2v) is 16.6. The van der Waals surface area contributed by atoms with Gasteiger partial charge in [0.1, 0.15) is 11.5 Å². The first-order chi connectivity index (χ1) is 22.8. The number of nitrogens with zero attached hydrogens (tertiary/aromatic N) is 2. The number of ketones is 2. The molecule has 0 saturated heterocycles. The highest BCUT2D eigenvalue weighted by Gasteiger charge is 2.44. The monoisotopic (exact) mass is 702 g/mol. The summed E-state index contributed by atoms with van der Waals surface area (Å²) in [6, 6.07) is 2.93. The second-order valence-electron chi connectivity index (χ2n) is 12.6. The summed E-state index contributed by atoms with van der Waals surface area (Å²) in [7, 11) is -7.86. The Labute approximate surface area is 283 Å². The first kappa shape index (κ1) is 35.5. The molecule has 0 bridgehead atoms. The van der Waals surface area contributed by atoms with Crippen LogP contribution in [0.4, 0.5) is 11.4 Å². The number of Topliss-reactive ketones (excluding diaryl/α,β-unsaturated/α-hetero) is 1. The highest BCUT2D eigenvalue weighted by Crippen LogP contribution is 2.48. The molecule has 0 heterocycles. The van der Waals surface area contributed by atoms with Crippen molar-refractivity contribution in [3.8, 4) is 5.75 Å². The first-order valence-electron chi connectivity index (χ1n) is 16.9. The van der Waals surface area contributed by atoms with Crippen molar-refractivity contribution in [3.63, 3.8) is 0 Å². The SMILES string of the molecule is CCN(CC)C1=CC(=O)/C(=C2\C(=O)C(c3c(O)cc(N(CC)CC)cc3NS(=O)(=O)C3CCCC3)=C2O)C(NS(=O)(=O)C2CCCC2)=C1. The van der Waals surface area contributed by atoms with Crippen LogP contribution in [0.1, 0.15) is 84.6 Å². The molecular formula is C34H46N4O8S2. The fraction of sp³-hybridized carbons (Fsp3) is 0.529. The van der Waals surface area contributed by atoms with E-state index in [0.29, 0.717) is 63.2 Å². The van der Waals surface area contributed by atoms with Crippen molar-refractivity contribution < 1.29 is 36.6 Å². The second kappa shape index (κ2) is 14.0. The fourth-order valence-electron chi connectivity index (χ4n) is 7.17. The number of benzene rings is 1. The number of aliphatic hydroxyl groups is 1. The number of hydrogen-bond acceptors (Lipinski definition) is 10. The van der Waals surface area contributed by atoms with Gasteiger partial charge in [-0.25, -0.2) is 16.8 Å². The van der Waals surface area contributed by atoms with E-state index in [9.17, 15) is 36.6 Å². The van der Waals surface area contributed by atoms with Crippen LogP contribution >= 0.6 is 0 Å². The van der Waals surface area contributed by atoms with Crippen LogP contribution in [0.25, 0.3) is 5.57 Å². The summed E-state index contributed by atoms with van der Waals surface area (Å²) < 4.78 is 58.9. The number of hydrogen-bond donors (Lipinski definition) is 4. The first-order valence-corrected chi connectivity index (χ1v) is 20.0. The smallest absolute Gasteiger partial charge is 0.235 e. The molecule has 1 aromatic carbocycles. The summed E-state index contributed by atoms with van der Waals surface area (Å²) in [6.07, 6.45) is 7.76. The van der Waals surface area contributed by atoms with Gasteiger partial charge in [-0.3, -0.25) is 19.0 Å². The molecule has 2 fully saturated rings. The van der Waals surface area contributed by atoms with Crippen LogP contribution in [0.2, 0.25) is 0 Å². The fourth-order valence-corrected chi connectivity index (χ4v) is 10.4. The normalized spacial score (nSPS) is 20.9. The van der Waals surface area contributed by atoms with Crippen LogP contribution < -0.4 is 14.3 Å². The van der Waals surface area contributed by atoms with E-state index >= 15 is 0 Å². The number of likely N-dealkylation sites (N-methyl/N-ethyl adjacent to an activating group) is 1. The van der Waals surface area contributed by atoms with Gasteiger partial charge in [-0.15, -0.1) is 0 Å². The highest BCUT2D eigenvalue weighted by molar-refractivity contribution is 7.93. The Hall–Kier alpha value is -3.78. The molecule has 5 rings (SSSR count). The Morgan fingerprint density at radius 1 is 0.708 bits per heavy atom. The van der Waals surface area contributed by atoms with Gasteiger partial charge in [0, 0.05) is 49.7 Å². The number of rotatable bonds is 13. The van der Waals surface area contributed by atoms with Crippen molar-refractivity contribution >= 4 is 48.6 Å². The Morgan fingerprint density at radius 2 is 1.23 bits per heavy atom.